The highest BCUT2D eigenvalue weighted by atomic mass is 14.9. The van der Waals surface area contributed by atoms with Gasteiger partial charge in [0.05, 0.1) is 0 Å². The van der Waals surface area contributed by atoms with E-state index in [1.54, 1.807) is 0 Å². The van der Waals surface area contributed by atoms with Crippen molar-refractivity contribution >= 4 is 0 Å². The molecule has 1 aliphatic rings. The van der Waals surface area contributed by atoms with Gasteiger partial charge in [0.1, 0.15) is 0 Å². The van der Waals surface area contributed by atoms with Crippen LogP contribution in [0.1, 0.15) is 51.0 Å². The van der Waals surface area contributed by atoms with E-state index in [2.05, 4.69) is 42.6 Å². The van der Waals surface area contributed by atoms with E-state index in [4.69, 9.17) is 0 Å². The van der Waals surface area contributed by atoms with Crippen LogP contribution in [-0.2, 0) is 6.42 Å². The number of hydrogen-bond donors (Lipinski definition) is 1. The first-order valence-electron chi connectivity index (χ1n) is 8.09. The Labute approximate surface area is 118 Å². The summed E-state index contributed by atoms with van der Waals surface area (Å²) in [5, 5.41) is 3.66. The largest absolute Gasteiger partial charge is 0.316 e. The van der Waals surface area contributed by atoms with E-state index < -0.39 is 0 Å². The first-order valence-corrected chi connectivity index (χ1v) is 8.09. The second-order valence-corrected chi connectivity index (χ2v) is 6.28. The molecule has 2 rings (SSSR count). The standard InChI is InChI=1S/C18H29N/c1-16-8-7-12-18(14-16)15-19-13-6-5-11-17-9-3-2-4-10-17/h2-4,9-10,16,18-19H,5-8,11-15H2,1H3. The fourth-order valence-corrected chi connectivity index (χ4v) is 3.28. The van der Waals surface area contributed by atoms with E-state index in [-0.39, 0.29) is 0 Å². The molecular weight excluding hydrogens is 230 g/mol. The van der Waals surface area contributed by atoms with Gasteiger partial charge in [0.25, 0.3) is 0 Å². The van der Waals surface area contributed by atoms with Crippen molar-refractivity contribution in [1.82, 2.24) is 5.32 Å². The van der Waals surface area contributed by atoms with Gasteiger partial charge in [0.15, 0.2) is 0 Å². The predicted octanol–water partition coefficient (Wildman–Crippen LogP) is 4.43. The van der Waals surface area contributed by atoms with E-state index in [0.717, 1.165) is 11.8 Å². The molecule has 106 valence electrons. The molecule has 1 heteroatoms. The molecule has 2 atom stereocenters. The van der Waals surface area contributed by atoms with E-state index in [9.17, 15) is 0 Å². The van der Waals surface area contributed by atoms with Crippen LogP contribution in [0.15, 0.2) is 30.3 Å². The maximum atomic E-state index is 3.66. The van der Waals surface area contributed by atoms with Gasteiger partial charge < -0.3 is 5.32 Å². The molecule has 1 aromatic carbocycles. The quantitative estimate of drug-likeness (QED) is 0.715. The van der Waals surface area contributed by atoms with Crippen molar-refractivity contribution in [3.05, 3.63) is 35.9 Å². The lowest BCUT2D eigenvalue weighted by Gasteiger charge is -2.26. The maximum absolute atomic E-state index is 3.66. The number of aryl methyl sites for hydroxylation is 1. The van der Waals surface area contributed by atoms with Gasteiger partial charge in [-0.2, -0.15) is 0 Å². The summed E-state index contributed by atoms with van der Waals surface area (Å²) in [7, 11) is 0. The molecule has 1 saturated carbocycles. The van der Waals surface area contributed by atoms with Crippen LogP contribution in [0, 0.1) is 11.8 Å². The normalized spacial score (nSPS) is 23.4. The average Bonchev–Trinajstić information content (AvgIpc) is 2.44. The van der Waals surface area contributed by atoms with Gasteiger partial charge in [-0.25, -0.2) is 0 Å². The van der Waals surface area contributed by atoms with Gasteiger partial charge in [-0.05, 0) is 62.6 Å². The number of rotatable bonds is 7. The molecule has 1 N–H and O–H groups in total. The Balaban J connectivity index is 1.48. The Morgan fingerprint density at radius 1 is 1.11 bits per heavy atom. The van der Waals surface area contributed by atoms with Crippen molar-refractivity contribution in [2.45, 2.75) is 51.9 Å². The first kappa shape index (κ1) is 14.6. The topological polar surface area (TPSA) is 12.0 Å². The number of unbranched alkanes of at least 4 members (excludes halogenated alkanes) is 1. The van der Waals surface area contributed by atoms with Crippen molar-refractivity contribution in [1.29, 1.82) is 0 Å². The van der Waals surface area contributed by atoms with Gasteiger partial charge in [-0.3, -0.25) is 0 Å². The number of nitrogens with one attached hydrogen (secondary N) is 1. The molecule has 2 unspecified atom stereocenters. The molecule has 0 saturated heterocycles. The second kappa shape index (κ2) is 8.37. The molecule has 1 aromatic rings. The van der Waals surface area contributed by atoms with Gasteiger partial charge in [0.2, 0.25) is 0 Å². The molecule has 0 spiro atoms. The minimum absolute atomic E-state index is 0.942. The van der Waals surface area contributed by atoms with Crippen LogP contribution < -0.4 is 5.32 Å². The van der Waals surface area contributed by atoms with Crippen LogP contribution in [0.4, 0.5) is 0 Å². The highest BCUT2D eigenvalue weighted by Crippen LogP contribution is 2.27. The lowest BCUT2D eigenvalue weighted by Crippen LogP contribution is -2.27. The summed E-state index contributed by atoms with van der Waals surface area (Å²) < 4.78 is 0. The summed E-state index contributed by atoms with van der Waals surface area (Å²) >= 11 is 0. The lowest BCUT2D eigenvalue weighted by molar-refractivity contribution is 0.274. The smallest absolute Gasteiger partial charge is 0.00204 e. The SMILES string of the molecule is CC1CCCC(CNCCCCc2ccccc2)C1. The monoisotopic (exact) mass is 259 g/mol. The Hall–Kier alpha value is -0.820. The van der Waals surface area contributed by atoms with Crippen molar-refractivity contribution in [2.24, 2.45) is 11.8 Å². The van der Waals surface area contributed by atoms with Crippen LogP contribution in [0.2, 0.25) is 0 Å². The van der Waals surface area contributed by atoms with Crippen LogP contribution in [0.25, 0.3) is 0 Å². The summed E-state index contributed by atoms with van der Waals surface area (Å²) in [4.78, 5) is 0. The summed E-state index contributed by atoms with van der Waals surface area (Å²) in [6, 6.07) is 10.8. The third kappa shape index (κ3) is 5.78. The zero-order valence-electron chi connectivity index (χ0n) is 12.4. The number of hydrogen-bond acceptors (Lipinski definition) is 1. The highest BCUT2D eigenvalue weighted by molar-refractivity contribution is 5.14. The Bertz CT molecular complexity index is 333. The van der Waals surface area contributed by atoms with E-state index in [0.29, 0.717) is 0 Å². The van der Waals surface area contributed by atoms with Crippen molar-refractivity contribution < 1.29 is 0 Å². The predicted molar refractivity (Wildman–Crippen MR) is 83.4 cm³/mol. The minimum atomic E-state index is 0.942. The molecule has 0 amide bonds. The molecule has 0 aromatic heterocycles. The molecule has 0 aliphatic heterocycles. The average molecular weight is 259 g/mol. The Morgan fingerprint density at radius 2 is 1.95 bits per heavy atom. The van der Waals surface area contributed by atoms with Gasteiger partial charge >= 0.3 is 0 Å². The van der Waals surface area contributed by atoms with Crippen LogP contribution in [0.3, 0.4) is 0 Å². The summed E-state index contributed by atoms with van der Waals surface area (Å²) in [5.41, 5.74) is 1.48. The van der Waals surface area contributed by atoms with E-state index in [1.165, 1.54) is 63.6 Å². The van der Waals surface area contributed by atoms with Gasteiger partial charge in [-0.15, -0.1) is 0 Å². The summed E-state index contributed by atoms with van der Waals surface area (Å²) in [6.45, 7) is 4.85. The molecule has 19 heavy (non-hydrogen) atoms. The highest BCUT2D eigenvalue weighted by Gasteiger charge is 2.17. The maximum Gasteiger partial charge on any atom is -0.00204 e. The van der Waals surface area contributed by atoms with Crippen LogP contribution in [0.5, 0.6) is 0 Å². The van der Waals surface area contributed by atoms with Gasteiger partial charge in [0, 0.05) is 0 Å². The molecule has 1 fully saturated rings. The van der Waals surface area contributed by atoms with Crippen molar-refractivity contribution in [3.63, 3.8) is 0 Å². The Morgan fingerprint density at radius 3 is 2.74 bits per heavy atom. The summed E-state index contributed by atoms with van der Waals surface area (Å²) in [5.74, 6) is 1.90. The van der Waals surface area contributed by atoms with Crippen LogP contribution in [-0.4, -0.2) is 13.1 Å². The zero-order valence-corrected chi connectivity index (χ0v) is 12.4. The minimum Gasteiger partial charge on any atom is -0.316 e. The molecule has 0 bridgehead atoms. The third-order valence-electron chi connectivity index (χ3n) is 4.39. The molecule has 0 radical (unpaired) electrons. The molecular formula is C18H29N. The van der Waals surface area contributed by atoms with Crippen molar-refractivity contribution in [2.75, 3.05) is 13.1 Å². The van der Waals surface area contributed by atoms with E-state index >= 15 is 0 Å². The molecule has 1 aliphatic carbocycles. The van der Waals surface area contributed by atoms with Gasteiger partial charge in [-0.1, -0.05) is 50.1 Å². The fourth-order valence-electron chi connectivity index (χ4n) is 3.28. The Kier molecular flexibility index (Phi) is 6.43. The third-order valence-corrected chi connectivity index (χ3v) is 4.39. The molecule has 0 heterocycles. The van der Waals surface area contributed by atoms with E-state index in [1.807, 2.05) is 0 Å². The zero-order chi connectivity index (χ0) is 13.3. The first-order chi connectivity index (χ1) is 9.34. The van der Waals surface area contributed by atoms with Crippen molar-refractivity contribution in [3.8, 4) is 0 Å². The molecule has 1 nitrogen and oxygen atoms in total. The lowest BCUT2D eigenvalue weighted by atomic mass is 9.82. The number of benzene rings is 1. The fraction of sp³-hybridized carbons (Fsp3) is 0.667. The van der Waals surface area contributed by atoms with Crippen LogP contribution >= 0.6 is 0 Å². The second-order valence-electron chi connectivity index (χ2n) is 6.28. The summed E-state index contributed by atoms with van der Waals surface area (Å²) in [6.07, 6.45) is 9.62.